The number of nitrogens with zero attached hydrogens (tertiary/aromatic N) is 2. The average molecular weight is 736 g/mol. The third-order valence-corrected chi connectivity index (χ3v) is 9.76. The van der Waals surface area contributed by atoms with E-state index >= 15 is 0 Å². The molecule has 7 rings (SSSR count). The highest BCUT2D eigenvalue weighted by Crippen LogP contribution is 2.32. The number of pyridine rings is 2. The monoisotopic (exact) mass is 734 g/mol. The molecule has 2 aromatic heterocycles. The van der Waals surface area contributed by atoms with Gasteiger partial charge in [-0.2, -0.15) is 0 Å². The number of aromatic nitrogens is 2. The van der Waals surface area contributed by atoms with E-state index in [1.807, 2.05) is 84.9 Å². The van der Waals surface area contributed by atoms with Crippen molar-refractivity contribution in [3.8, 4) is 22.5 Å². The summed E-state index contributed by atoms with van der Waals surface area (Å²) in [4.78, 5) is 36.5. The quantitative estimate of drug-likeness (QED) is 0.163. The average Bonchev–Trinajstić information content (AvgIpc) is 3.14. The van der Waals surface area contributed by atoms with E-state index in [1.54, 1.807) is 36.4 Å². The van der Waals surface area contributed by atoms with Crippen LogP contribution < -0.4 is 10.6 Å². The molecule has 0 aliphatic carbocycles. The molecule has 0 fully saturated rings. The van der Waals surface area contributed by atoms with Crippen molar-refractivity contribution in [3.05, 3.63) is 164 Å². The number of nitrogens with one attached hydrogen (secondary N) is 2. The molecule has 0 saturated heterocycles. The molecule has 5 aromatic carbocycles. The lowest BCUT2D eigenvalue weighted by atomic mass is 10.0. The summed E-state index contributed by atoms with van der Waals surface area (Å²) in [6.07, 6.45) is 0. The molecule has 0 aliphatic rings. The Kier molecular flexibility index (Phi) is 9.70. The Morgan fingerprint density at radius 1 is 0.480 bits per heavy atom. The van der Waals surface area contributed by atoms with Gasteiger partial charge in [-0.25, -0.2) is 9.97 Å². The highest BCUT2D eigenvalue weighted by molar-refractivity contribution is 6.42. The van der Waals surface area contributed by atoms with E-state index in [0.29, 0.717) is 66.7 Å². The number of benzene rings is 5. The van der Waals surface area contributed by atoms with Crippen molar-refractivity contribution >= 4 is 80.0 Å². The summed E-state index contributed by atoms with van der Waals surface area (Å²) >= 11 is 24.8. The second-order valence-electron chi connectivity index (χ2n) is 11.6. The van der Waals surface area contributed by atoms with Gasteiger partial charge >= 0.3 is 0 Å². The molecule has 50 heavy (non-hydrogen) atoms. The van der Waals surface area contributed by atoms with Gasteiger partial charge in [0.15, 0.2) is 0 Å². The maximum absolute atomic E-state index is 13.5. The molecule has 6 nitrogen and oxygen atoms in total. The molecule has 0 saturated carbocycles. The number of halogens is 4. The minimum absolute atomic E-state index is 0.230. The molecule has 0 aliphatic heterocycles. The Bertz CT molecular complexity index is 2260. The Morgan fingerprint density at radius 3 is 1.28 bits per heavy atom. The number of hydrogen-bond acceptors (Lipinski definition) is 4. The minimum Gasteiger partial charge on any atom is -0.348 e. The largest absolute Gasteiger partial charge is 0.348 e. The maximum Gasteiger partial charge on any atom is 0.252 e. The predicted molar refractivity (Wildman–Crippen MR) is 203 cm³/mol. The first-order chi connectivity index (χ1) is 24.2. The van der Waals surface area contributed by atoms with E-state index in [0.717, 1.165) is 33.0 Å². The summed E-state index contributed by atoms with van der Waals surface area (Å²) in [5.74, 6) is -0.461. The molecule has 0 spiro atoms. The fourth-order valence-electron chi connectivity index (χ4n) is 5.66. The summed E-state index contributed by atoms with van der Waals surface area (Å²) in [5, 5.41) is 9.26. The van der Waals surface area contributed by atoms with Crippen LogP contribution in [-0.4, -0.2) is 21.8 Å². The van der Waals surface area contributed by atoms with Gasteiger partial charge in [-0.1, -0.05) is 119 Å². The summed E-state index contributed by atoms with van der Waals surface area (Å²) in [6, 6.07) is 36.8. The van der Waals surface area contributed by atoms with Crippen LogP contribution in [0, 0.1) is 0 Å². The van der Waals surface area contributed by atoms with Gasteiger partial charge in [-0.15, -0.1) is 0 Å². The molecule has 10 heteroatoms. The van der Waals surface area contributed by atoms with E-state index < -0.39 is 0 Å². The topological polar surface area (TPSA) is 84.0 Å². The van der Waals surface area contributed by atoms with Crippen LogP contribution in [0.4, 0.5) is 0 Å². The third-order valence-electron chi connectivity index (χ3n) is 8.28. The molecule has 7 aromatic rings. The summed E-state index contributed by atoms with van der Waals surface area (Å²) in [5.41, 5.74) is 6.94. The zero-order valence-corrected chi connectivity index (χ0v) is 29.2. The molecule has 0 atom stereocenters. The zero-order chi connectivity index (χ0) is 34.8. The molecular formula is C40H26Cl4N4O2. The Morgan fingerprint density at radius 2 is 0.880 bits per heavy atom. The SMILES string of the molecule is O=C(NCc1ccc(CNC(=O)c2cc(-c3ccc(Cl)c(Cl)c3)nc3ccccc23)cc1)c1cc(-c2ccc(Cl)c(Cl)c2)nc2ccccc12. The van der Waals surface area contributed by atoms with Crippen LogP contribution in [-0.2, 0) is 13.1 Å². The first-order valence-corrected chi connectivity index (χ1v) is 17.1. The lowest BCUT2D eigenvalue weighted by Gasteiger charge is -2.12. The standard InChI is InChI=1S/C40H26Cl4N4O2/c41-31-15-13-25(17-33(31)43)37-19-29(27-5-1-3-7-35(27)47-37)39(49)45-21-23-9-11-24(12-10-23)22-46-40(50)30-20-38(26-14-16-32(42)34(44)18-26)48-36-8-4-2-6-28(30)36/h1-20H,21-22H2,(H,45,49)(H,46,50). The number of carbonyl (C=O) groups is 2. The normalized spacial score (nSPS) is 11.1. The Labute approximate surface area is 308 Å². The van der Waals surface area contributed by atoms with E-state index in [1.165, 1.54) is 0 Å². The smallest absolute Gasteiger partial charge is 0.252 e. The fourth-order valence-corrected chi connectivity index (χ4v) is 6.26. The number of amides is 2. The van der Waals surface area contributed by atoms with E-state index in [-0.39, 0.29) is 11.8 Å². The molecule has 2 heterocycles. The molecular weight excluding hydrogens is 710 g/mol. The van der Waals surface area contributed by atoms with Crippen molar-refractivity contribution in [1.82, 2.24) is 20.6 Å². The lowest BCUT2D eigenvalue weighted by molar-refractivity contribution is 0.0944. The fraction of sp³-hybridized carbons (Fsp3) is 0.0500. The van der Waals surface area contributed by atoms with Crippen molar-refractivity contribution in [1.29, 1.82) is 0 Å². The number of rotatable bonds is 8. The van der Waals surface area contributed by atoms with E-state index in [4.69, 9.17) is 56.4 Å². The minimum atomic E-state index is -0.230. The Balaban J connectivity index is 1.04. The second-order valence-corrected chi connectivity index (χ2v) is 13.2. The number of fused-ring (bicyclic) bond motifs is 2. The number of carbonyl (C=O) groups excluding carboxylic acids is 2. The first kappa shape index (κ1) is 33.5. The molecule has 246 valence electrons. The van der Waals surface area contributed by atoms with Gasteiger partial charge in [-0.3, -0.25) is 9.59 Å². The van der Waals surface area contributed by atoms with Crippen LogP contribution in [0.1, 0.15) is 31.8 Å². The van der Waals surface area contributed by atoms with Crippen LogP contribution in [0.5, 0.6) is 0 Å². The van der Waals surface area contributed by atoms with Crippen LogP contribution in [0.25, 0.3) is 44.3 Å². The summed E-state index contributed by atoms with van der Waals surface area (Å²) in [6.45, 7) is 0.620. The molecule has 0 radical (unpaired) electrons. The lowest BCUT2D eigenvalue weighted by Crippen LogP contribution is -2.24. The summed E-state index contributed by atoms with van der Waals surface area (Å²) < 4.78 is 0. The van der Waals surface area contributed by atoms with Gasteiger partial charge < -0.3 is 10.6 Å². The molecule has 0 bridgehead atoms. The summed E-state index contributed by atoms with van der Waals surface area (Å²) in [7, 11) is 0. The molecule has 2 N–H and O–H groups in total. The molecule has 2 amide bonds. The van der Waals surface area contributed by atoms with Gasteiger partial charge in [0.1, 0.15) is 0 Å². The second kappa shape index (κ2) is 14.5. The van der Waals surface area contributed by atoms with Gasteiger partial charge in [-0.05, 0) is 59.7 Å². The van der Waals surface area contributed by atoms with Crippen LogP contribution >= 0.6 is 46.4 Å². The third kappa shape index (κ3) is 7.16. The number of hydrogen-bond donors (Lipinski definition) is 2. The van der Waals surface area contributed by atoms with E-state index in [2.05, 4.69) is 10.6 Å². The van der Waals surface area contributed by atoms with Crippen molar-refractivity contribution in [2.24, 2.45) is 0 Å². The van der Waals surface area contributed by atoms with Gasteiger partial charge in [0.2, 0.25) is 0 Å². The predicted octanol–water partition coefficient (Wildman–Crippen LogP) is 10.6. The maximum atomic E-state index is 13.5. The highest BCUT2D eigenvalue weighted by atomic mass is 35.5. The van der Waals surface area contributed by atoms with Crippen molar-refractivity contribution < 1.29 is 9.59 Å². The van der Waals surface area contributed by atoms with Crippen LogP contribution in [0.3, 0.4) is 0 Å². The highest BCUT2D eigenvalue weighted by Gasteiger charge is 2.16. The van der Waals surface area contributed by atoms with Crippen molar-refractivity contribution in [2.75, 3.05) is 0 Å². The van der Waals surface area contributed by atoms with Crippen molar-refractivity contribution in [2.45, 2.75) is 13.1 Å². The van der Waals surface area contributed by atoms with Crippen LogP contribution in [0.15, 0.2) is 121 Å². The first-order valence-electron chi connectivity index (χ1n) is 15.6. The van der Waals surface area contributed by atoms with Gasteiger partial charge in [0.05, 0.1) is 53.6 Å². The Hall–Kier alpha value is -4.98. The van der Waals surface area contributed by atoms with Gasteiger partial charge in [0, 0.05) is 35.0 Å². The van der Waals surface area contributed by atoms with E-state index in [9.17, 15) is 9.59 Å². The van der Waals surface area contributed by atoms with Gasteiger partial charge in [0.25, 0.3) is 11.8 Å². The van der Waals surface area contributed by atoms with Crippen LogP contribution in [0.2, 0.25) is 20.1 Å². The van der Waals surface area contributed by atoms with Crippen molar-refractivity contribution in [3.63, 3.8) is 0 Å². The number of para-hydroxylation sites is 2. The molecule has 0 unspecified atom stereocenters. The zero-order valence-electron chi connectivity index (χ0n) is 26.2.